The maximum atomic E-state index is 13.6. The number of benzene rings is 1. The molecule has 34 heavy (non-hydrogen) atoms. The van der Waals surface area contributed by atoms with Gasteiger partial charge in [-0.3, -0.25) is 9.59 Å². The Morgan fingerprint density at radius 1 is 1.15 bits per heavy atom. The first-order valence-corrected chi connectivity index (χ1v) is 11.8. The Balaban J connectivity index is 1.61. The fourth-order valence-corrected chi connectivity index (χ4v) is 5.52. The third kappa shape index (κ3) is 4.26. The second-order valence-corrected chi connectivity index (χ2v) is 11.1. The number of nitrogens with one attached hydrogen (secondary N) is 2. The van der Waals surface area contributed by atoms with Gasteiger partial charge in [-0.05, 0) is 71.4 Å². The largest absolute Gasteiger partial charge is 0.469 e. The number of H-pyrrole nitrogens is 1. The molecule has 2 heterocycles. The van der Waals surface area contributed by atoms with Crippen LogP contribution in [0.5, 0.6) is 0 Å². The van der Waals surface area contributed by atoms with Gasteiger partial charge in [0.05, 0.1) is 12.5 Å². The number of para-hydroxylation sites is 1. The van der Waals surface area contributed by atoms with E-state index in [2.05, 4.69) is 16.4 Å². The summed E-state index contributed by atoms with van der Waals surface area (Å²) in [6.07, 6.45) is 1.27. The number of hydrogen-bond acceptors (Lipinski definition) is 5. The predicted molar refractivity (Wildman–Crippen MR) is 128 cm³/mol. The molecular weight excluding hydrogens is 434 g/mol. The summed E-state index contributed by atoms with van der Waals surface area (Å²) in [5.41, 5.74) is 0.655. The number of amides is 2. The van der Waals surface area contributed by atoms with Gasteiger partial charge in [0, 0.05) is 29.7 Å². The van der Waals surface area contributed by atoms with E-state index in [-0.39, 0.29) is 24.3 Å². The van der Waals surface area contributed by atoms with Crippen LogP contribution in [0.15, 0.2) is 24.3 Å². The molecule has 1 aliphatic carbocycles. The lowest BCUT2D eigenvalue weighted by Gasteiger charge is -2.49. The van der Waals surface area contributed by atoms with Crippen molar-refractivity contribution in [1.29, 1.82) is 0 Å². The maximum absolute atomic E-state index is 13.6. The molecule has 0 saturated carbocycles. The smallest absolute Gasteiger partial charge is 0.408 e. The molecule has 0 radical (unpaired) electrons. The Hall–Kier alpha value is -3.03. The third-order valence-electron chi connectivity index (χ3n) is 7.07. The number of aromatic nitrogens is 1. The molecule has 2 N–H and O–H groups in total. The molecule has 8 nitrogen and oxygen atoms in total. The highest BCUT2D eigenvalue weighted by Crippen LogP contribution is 2.48. The van der Waals surface area contributed by atoms with Gasteiger partial charge in [0.2, 0.25) is 5.91 Å². The molecule has 1 aromatic carbocycles. The highest BCUT2D eigenvalue weighted by atomic mass is 16.6. The van der Waals surface area contributed by atoms with Crippen LogP contribution in [-0.2, 0) is 31.9 Å². The van der Waals surface area contributed by atoms with Crippen LogP contribution in [0, 0.1) is 11.3 Å². The summed E-state index contributed by atoms with van der Waals surface area (Å²) >= 11 is 0. The second kappa shape index (κ2) is 8.32. The molecule has 2 aromatic rings. The molecule has 2 aliphatic rings. The number of esters is 1. The van der Waals surface area contributed by atoms with Gasteiger partial charge in [-0.25, -0.2) is 4.79 Å². The average Bonchev–Trinajstić information content (AvgIpc) is 3.11. The molecule has 1 saturated heterocycles. The quantitative estimate of drug-likeness (QED) is 0.670. The molecule has 0 bridgehead atoms. The molecule has 2 atom stereocenters. The summed E-state index contributed by atoms with van der Waals surface area (Å²) in [7, 11) is 1.41. The second-order valence-electron chi connectivity index (χ2n) is 11.1. The first-order chi connectivity index (χ1) is 15.9. The number of methoxy groups -OCH3 is 1. The summed E-state index contributed by atoms with van der Waals surface area (Å²) < 4.78 is 10.7. The Morgan fingerprint density at radius 2 is 1.85 bits per heavy atom. The first kappa shape index (κ1) is 24.1. The Bertz CT molecular complexity index is 1130. The van der Waals surface area contributed by atoms with Gasteiger partial charge in [-0.15, -0.1) is 0 Å². The third-order valence-corrected chi connectivity index (χ3v) is 7.07. The summed E-state index contributed by atoms with van der Waals surface area (Å²) in [5, 5.41) is 3.81. The molecule has 2 amide bonds. The van der Waals surface area contributed by atoms with Gasteiger partial charge < -0.3 is 24.7 Å². The van der Waals surface area contributed by atoms with E-state index in [1.807, 2.05) is 18.2 Å². The standard InChI is InChI=1S/C26H35N3O5/c1-24(2,3)34-23(32)28-25(4,5)21(30)29-12-11-16-13-20-18(14-26(16,15-29)22(31)33-6)17-9-7-8-10-19(17)27-20/h7-10,16,27H,11-15H2,1-6H3,(H,28,32)/t16-,26-/m0/s1. The van der Waals surface area contributed by atoms with Crippen LogP contribution in [0.25, 0.3) is 10.9 Å². The van der Waals surface area contributed by atoms with Crippen molar-refractivity contribution in [1.82, 2.24) is 15.2 Å². The fourth-order valence-electron chi connectivity index (χ4n) is 5.52. The molecule has 1 fully saturated rings. The van der Waals surface area contributed by atoms with E-state index in [0.717, 1.165) is 28.6 Å². The van der Waals surface area contributed by atoms with Crippen molar-refractivity contribution in [2.75, 3.05) is 20.2 Å². The lowest BCUT2D eigenvalue weighted by molar-refractivity contribution is -0.165. The highest BCUT2D eigenvalue weighted by Gasteiger charge is 2.55. The monoisotopic (exact) mass is 469 g/mol. The van der Waals surface area contributed by atoms with Gasteiger partial charge in [0.25, 0.3) is 0 Å². The number of fused-ring (bicyclic) bond motifs is 4. The Kier molecular flexibility index (Phi) is 5.90. The molecule has 184 valence electrons. The molecule has 0 spiro atoms. The SMILES string of the molecule is COC(=O)[C@]12Cc3c([nH]c4ccccc34)C[C@@H]1CCN(C(=O)C(C)(C)NC(=O)OC(C)(C)C)C2. The number of carbonyl (C=O) groups excluding carboxylic acids is 3. The van der Waals surface area contributed by atoms with E-state index in [9.17, 15) is 14.4 Å². The molecule has 1 aliphatic heterocycles. The number of likely N-dealkylation sites (tertiary alicyclic amines) is 1. The summed E-state index contributed by atoms with van der Waals surface area (Å²) in [6, 6.07) is 8.10. The van der Waals surface area contributed by atoms with Crippen molar-refractivity contribution < 1.29 is 23.9 Å². The molecule has 1 aromatic heterocycles. The van der Waals surface area contributed by atoms with Gasteiger partial charge >= 0.3 is 12.1 Å². The van der Waals surface area contributed by atoms with Crippen LogP contribution in [-0.4, -0.2) is 59.2 Å². The summed E-state index contributed by atoms with van der Waals surface area (Å²) in [5.74, 6) is -0.472. The van der Waals surface area contributed by atoms with Gasteiger partial charge in [0.15, 0.2) is 0 Å². The van der Waals surface area contributed by atoms with Crippen LogP contribution >= 0.6 is 0 Å². The lowest BCUT2D eigenvalue weighted by atomic mass is 9.62. The number of piperidine rings is 1. The number of hydrogen-bond donors (Lipinski definition) is 2. The number of aromatic amines is 1. The van der Waals surface area contributed by atoms with E-state index in [0.29, 0.717) is 19.4 Å². The normalized spacial score (nSPS) is 22.5. The van der Waals surface area contributed by atoms with Crippen LogP contribution < -0.4 is 5.32 Å². The maximum Gasteiger partial charge on any atom is 0.408 e. The van der Waals surface area contributed by atoms with Crippen molar-refractivity contribution in [2.24, 2.45) is 11.3 Å². The summed E-state index contributed by atoms with van der Waals surface area (Å²) in [4.78, 5) is 44.4. The van der Waals surface area contributed by atoms with E-state index in [1.165, 1.54) is 7.11 Å². The molecular formula is C26H35N3O5. The number of nitrogens with zero attached hydrogens (tertiary/aromatic N) is 1. The van der Waals surface area contributed by atoms with Gasteiger partial charge in [-0.2, -0.15) is 0 Å². The minimum Gasteiger partial charge on any atom is -0.469 e. The first-order valence-electron chi connectivity index (χ1n) is 11.8. The van der Waals surface area contributed by atoms with Crippen LogP contribution in [0.2, 0.25) is 0 Å². The van der Waals surface area contributed by atoms with Crippen LogP contribution in [0.1, 0.15) is 52.3 Å². The van der Waals surface area contributed by atoms with E-state index >= 15 is 0 Å². The number of rotatable bonds is 3. The zero-order valence-corrected chi connectivity index (χ0v) is 20.9. The van der Waals surface area contributed by atoms with E-state index in [4.69, 9.17) is 9.47 Å². The Morgan fingerprint density at radius 3 is 2.53 bits per heavy atom. The highest BCUT2D eigenvalue weighted by molar-refractivity contribution is 5.91. The van der Waals surface area contributed by atoms with Crippen molar-refractivity contribution in [3.8, 4) is 0 Å². The average molecular weight is 470 g/mol. The molecule has 8 heteroatoms. The predicted octanol–water partition coefficient (Wildman–Crippen LogP) is 3.58. The minimum absolute atomic E-state index is 0.0616. The van der Waals surface area contributed by atoms with Gasteiger partial charge in [-0.1, -0.05) is 18.2 Å². The fraction of sp³-hybridized carbons (Fsp3) is 0.577. The minimum atomic E-state index is -1.19. The van der Waals surface area contributed by atoms with Crippen molar-refractivity contribution in [3.05, 3.63) is 35.5 Å². The number of carbonyl (C=O) groups is 3. The van der Waals surface area contributed by atoms with Crippen LogP contribution in [0.4, 0.5) is 4.79 Å². The van der Waals surface area contributed by atoms with Crippen molar-refractivity contribution >= 4 is 28.9 Å². The zero-order chi connectivity index (χ0) is 24.9. The number of alkyl carbamates (subject to hydrolysis) is 1. The van der Waals surface area contributed by atoms with E-state index in [1.54, 1.807) is 39.5 Å². The zero-order valence-electron chi connectivity index (χ0n) is 20.9. The van der Waals surface area contributed by atoms with E-state index < -0.39 is 22.6 Å². The Labute approximate surface area is 200 Å². The molecule has 0 unspecified atom stereocenters. The molecule has 4 rings (SSSR count). The van der Waals surface area contributed by atoms with Crippen molar-refractivity contribution in [3.63, 3.8) is 0 Å². The van der Waals surface area contributed by atoms with Gasteiger partial charge in [0.1, 0.15) is 11.1 Å². The van der Waals surface area contributed by atoms with Crippen LogP contribution in [0.3, 0.4) is 0 Å². The summed E-state index contributed by atoms with van der Waals surface area (Å²) in [6.45, 7) is 9.40. The van der Waals surface area contributed by atoms with Crippen molar-refractivity contribution in [2.45, 2.75) is 65.0 Å². The topological polar surface area (TPSA) is 101 Å². The number of ether oxygens (including phenoxy) is 2. The lowest BCUT2D eigenvalue weighted by Crippen LogP contribution is -2.63.